The number of thioether (sulfide) groups is 1. The van der Waals surface area contributed by atoms with E-state index in [1.807, 2.05) is 24.5 Å². The van der Waals surface area contributed by atoms with Gasteiger partial charge in [-0.15, -0.1) is 10.2 Å². The number of halogens is 1. The Labute approximate surface area is 132 Å². The Hall–Kier alpha value is -1.89. The van der Waals surface area contributed by atoms with Crippen LogP contribution < -0.4 is 0 Å². The highest BCUT2D eigenvalue weighted by Gasteiger charge is 2.15. The van der Waals surface area contributed by atoms with Crippen LogP contribution in [0, 0.1) is 12.7 Å². The predicted molar refractivity (Wildman–Crippen MR) is 85.4 cm³/mol. The highest BCUT2D eigenvalue weighted by molar-refractivity contribution is 7.98. The second-order valence-electron chi connectivity index (χ2n) is 4.94. The number of hydrogen-bond acceptors (Lipinski definition) is 4. The first-order valence-corrected chi connectivity index (χ1v) is 8.30. The lowest BCUT2D eigenvalue weighted by Gasteiger charge is -2.07. The van der Waals surface area contributed by atoms with Crippen LogP contribution in [0.3, 0.4) is 0 Å². The molecule has 0 amide bonds. The van der Waals surface area contributed by atoms with Gasteiger partial charge < -0.3 is 9.13 Å². The van der Waals surface area contributed by atoms with Crippen molar-refractivity contribution >= 4 is 22.8 Å². The van der Waals surface area contributed by atoms with Gasteiger partial charge in [-0.1, -0.05) is 17.8 Å². The maximum atomic E-state index is 13.9. The molecule has 0 unspecified atom stereocenters. The number of rotatable bonds is 5. The van der Waals surface area contributed by atoms with E-state index in [1.165, 1.54) is 6.07 Å². The fraction of sp³-hybridized carbons (Fsp3) is 0.400. The number of aromatic nitrogens is 5. The molecule has 0 radical (unpaired) electrons. The summed E-state index contributed by atoms with van der Waals surface area (Å²) in [4.78, 5) is 4.47. The summed E-state index contributed by atoms with van der Waals surface area (Å²) < 4.78 is 18.0. The van der Waals surface area contributed by atoms with Crippen LogP contribution in [0.2, 0.25) is 0 Å². The standard InChI is InChI=1S/C15H18FN5S/c1-4-20-10(3)18-19-15(20)22-9-13-17-14-11(16)7-6-8-12(14)21(13)5-2/h6-8H,4-5,9H2,1-3H3. The van der Waals surface area contributed by atoms with Gasteiger partial charge in [0.05, 0.1) is 11.3 Å². The molecule has 2 aromatic heterocycles. The molecule has 116 valence electrons. The summed E-state index contributed by atoms with van der Waals surface area (Å²) in [5.41, 5.74) is 1.28. The molecule has 3 aromatic rings. The van der Waals surface area contributed by atoms with Crippen LogP contribution in [0.1, 0.15) is 25.5 Å². The summed E-state index contributed by atoms with van der Waals surface area (Å²) in [6.07, 6.45) is 0. The van der Waals surface area contributed by atoms with Crippen molar-refractivity contribution in [3.8, 4) is 0 Å². The number of aryl methyl sites for hydroxylation is 2. The lowest BCUT2D eigenvalue weighted by atomic mass is 10.3. The summed E-state index contributed by atoms with van der Waals surface area (Å²) in [5, 5.41) is 9.17. The summed E-state index contributed by atoms with van der Waals surface area (Å²) in [7, 11) is 0. The maximum absolute atomic E-state index is 13.9. The van der Waals surface area contributed by atoms with Crippen LogP contribution in [-0.2, 0) is 18.8 Å². The van der Waals surface area contributed by atoms with Gasteiger partial charge in [-0.05, 0) is 32.9 Å². The van der Waals surface area contributed by atoms with Crippen LogP contribution in [0.5, 0.6) is 0 Å². The molecule has 0 saturated carbocycles. The molecule has 0 atom stereocenters. The van der Waals surface area contributed by atoms with Crippen LogP contribution in [0.15, 0.2) is 23.4 Å². The monoisotopic (exact) mass is 319 g/mol. The quantitative estimate of drug-likeness (QED) is 0.676. The van der Waals surface area contributed by atoms with Gasteiger partial charge in [-0.25, -0.2) is 9.37 Å². The van der Waals surface area contributed by atoms with Gasteiger partial charge in [-0.3, -0.25) is 0 Å². The summed E-state index contributed by atoms with van der Waals surface area (Å²) in [5.74, 6) is 2.12. The normalized spacial score (nSPS) is 11.5. The van der Waals surface area contributed by atoms with E-state index in [9.17, 15) is 4.39 Å². The predicted octanol–water partition coefficient (Wildman–Crippen LogP) is 3.41. The third-order valence-corrected chi connectivity index (χ3v) is 4.64. The molecule has 0 aliphatic heterocycles. The molecule has 0 bridgehead atoms. The fourth-order valence-electron chi connectivity index (χ4n) is 2.59. The smallest absolute Gasteiger partial charge is 0.191 e. The minimum atomic E-state index is -0.275. The SMILES string of the molecule is CCn1c(C)nnc1SCc1nc2c(F)cccc2n1CC. The lowest BCUT2D eigenvalue weighted by Crippen LogP contribution is -2.02. The molecule has 7 heteroatoms. The van der Waals surface area contributed by atoms with Crippen LogP contribution in [0.4, 0.5) is 4.39 Å². The van der Waals surface area contributed by atoms with E-state index < -0.39 is 0 Å². The number of para-hydroxylation sites is 1. The van der Waals surface area contributed by atoms with E-state index in [-0.39, 0.29) is 5.82 Å². The highest BCUT2D eigenvalue weighted by Crippen LogP contribution is 2.25. The van der Waals surface area contributed by atoms with Gasteiger partial charge in [0.1, 0.15) is 17.2 Å². The van der Waals surface area contributed by atoms with E-state index in [4.69, 9.17) is 0 Å². The topological polar surface area (TPSA) is 48.5 Å². The second-order valence-corrected chi connectivity index (χ2v) is 5.89. The maximum Gasteiger partial charge on any atom is 0.191 e. The van der Waals surface area contributed by atoms with Gasteiger partial charge in [0.25, 0.3) is 0 Å². The van der Waals surface area contributed by atoms with Gasteiger partial charge in [0.2, 0.25) is 0 Å². The number of benzene rings is 1. The zero-order valence-electron chi connectivity index (χ0n) is 12.9. The minimum absolute atomic E-state index is 0.275. The Morgan fingerprint density at radius 2 is 1.91 bits per heavy atom. The number of imidazole rings is 1. The van der Waals surface area contributed by atoms with Gasteiger partial charge >= 0.3 is 0 Å². The van der Waals surface area contributed by atoms with Crippen molar-refractivity contribution in [2.24, 2.45) is 0 Å². The molecule has 0 aliphatic rings. The molecular weight excluding hydrogens is 301 g/mol. The van der Waals surface area contributed by atoms with E-state index in [2.05, 4.69) is 26.7 Å². The molecule has 5 nitrogen and oxygen atoms in total. The van der Waals surface area contributed by atoms with Crippen molar-refractivity contribution in [2.45, 2.75) is 44.8 Å². The van der Waals surface area contributed by atoms with Gasteiger partial charge in [-0.2, -0.15) is 0 Å². The van der Waals surface area contributed by atoms with Crippen LogP contribution in [-0.4, -0.2) is 24.3 Å². The number of nitrogens with zero attached hydrogens (tertiary/aromatic N) is 5. The Morgan fingerprint density at radius 1 is 1.14 bits per heavy atom. The van der Waals surface area contributed by atoms with Crippen molar-refractivity contribution in [3.63, 3.8) is 0 Å². The van der Waals surface area contributed by atoms with E-state index in [1.54, 1.807) is 17.8 Å². The number of hydrogen-bond donors (Lipinski definition) is 0. The van der Waals surface area contributed by atoms with Crippen molar-refractivity contribution in [3.05, 3.63) is 35.7 Å². The van der Waals surface area contributed by atoms with Crippen LogP contribution >= 0.6 is 11.8 Å². The molecule has 0 spiro atoms. The Bertz CT molecular complexity index is 808. The highest BCUT2D eigenvalue weighted by atomic mass is 32.2. The molecule has 0 saturated heterocycles. The van der Waals surface area contributed by atoms with Crippen molar-refractivity contribution in [2.75, 3.05) is 0 Å². The molecular formula is C15H18FN5S. The molecule has 2 heterocycles. The van der Waals surface area contributed by atoms with E-state index >= 15 is 0 Å². The minimum Gasteiger partial charge on any atom is -0.327 e. The third-order valence-electron chi connectivity index (χ3n) is 3.67. The first-order chi connectivity index (χ1) is 10.7. The molecule has 0 aliphatic carbocycles. The first kappa shape index (κ1) is 15.0. The zero-order valence-corrected chi connectivity index (χ0v) is 13.7. The van der Waals surface area contributed by atoms with E-state index in [0.717, 1.165) is 35.4 Å². The third kappa shape index (κ3) is 2.49. The average Bonchev–Trinajstić information content (AvgIpc) is 3.05. The van der Waals surface area contributed by atoms with Crippen molar-refractivity contribution in [1.82, 2.24) is 24.3 Å². The molecule has 3 rings (SSSR count). The molecule has 0 fully saturated rings. The van der Waals surface area contributed by atoms with Gasteiger partial charge in [0.15, 0.2) is 11.0 Å². The van der Waals surface area contributed by atoms with E-state index in [0.29, 0.717) is 11.3 Å². The summed E-state index contributed by atoms with van der Waals surface area (Å²) >= 11 is 1.58. The molecule has 0 N–H and O–H groups in total. The summed E-state index contributed by atoms with van der Waals surface area (Å²) in [6.45, 7) is 7.64. The van der Waals surface area contributed by atoms with Gasteiger partial charge in [0, 0.05) is 13.1 Å². The Kier molecular flexibility index (Phi) is 4.15. The Balaban J connectivity index is 1.92. The van der Waals surface area contributed by atoms with Crippen molar-refractivity contribution < 1.29 is 4.39 Å². The first-order valence-electron chi connectivity index (χ1n) is 7.31. The summed E-state index contributed by atoms with van der Waals surface area (Å²) in [6, 6.07) is 5.07. The fourth-order valence-corrected chi connectivity index (χ4v) is 3.58. The Morgan fingerprint density at radius 3 is 2.64 bits per heavy atom. The van der Waals surface area contributed by atoms with Crippen LogP contribution in [0.25, 0.3) is 11.0 Å². The second kappa shape index (κ2) is 6.08. The van der Waals surface area contributed by atoms with Crippen molar-refractivity contribution in [1.29, 1.82) is 0 Å². The molecule has 1 aromatic carbocycles. The number of fused-ring (bicyclic) bond motifs is 1. The average molecular weight is 319 g/mol. The largest absolute Gasteiger partial charge is 0.327 e. The lowest BCUT2D eigenvalue weighted by molar-refractivity contribution is 0.637. The zero-order chi connectivity index (χ0) is 15.7. The molecule has 22 heavy (non-hydrogen) atoms.